The number of benzene rings is 1. The van der Waals surface area contributed by atoms with E-state index in [9.17, 15) is 9.90 Å². The predicted octanol–water partition coefficient (Wildman–Crippen LogP) is 1.37. The van der Waals surface area contributed by atoms with E-state index in [1.54, 1.807) is 19.1 Å². The molecule has 0 aromatic heterocycles. The molecule has 2 rings (SSSR count). The zero-order valence-electron chi connectivity index (χ0n) is 11.9. The first kappa shape index (κ1) is 14.8. The summed E-state index contributed by atoms with van der Waals surface area (Å²) in [7, 11) is 3.19. The number of amides is 1. The fraction of sp³-hybridized carbons (Fsp3) is 0.533. The maximum absolute atomic E-state index is 12.2. The number of rotatable bonds is 5. The van der Waals surface area contributed by atoms with Gasteiger partial charge in [0.25, 0.3) is 0 Å². The van der Waals surface area contributed by atoms with E-state index in [-0.39, 0.29) is 11.9 Å². The molecule has 1 aromatic rings. The van der Waals surface area contributed by atoms with Gasteiger partial charge in [0.05, 0.1) is 32.3 Å². The van der Waals surface area contributed by atoms with E-state index in [2.05, 4.69) is 0 Å². The van der Waals surface area contributed by atoms with Gasteiger partial charge in [-0.3, -0.25) is 4.79 Å². The van der Waals surface area contributed by atoms with Crippen molar-refractivity contribution >= 4 is 5.91 Å². The number of aliphatic hydroxyl groups excluding tert-OH is 1. The molecule has 1 fully saturated rings. The number of hydrogen-bond acceptors (Lipinski definition) is 4. The number of ether oxygens (including phenoxy) is 2. The summed E-state index contributed by atoms with van der Waals surface area (Å²) in [6, 6.07) is 7.55. The number of aliphatic hydroxyl groups is 1. The lowest BCUT2D eigenvalue weighted by atomic mass is 10.0. The van der Waals surface area contributed by atoms with Crippen LogP contribution in [0.5, 0.6) is 5.75 Å². The first-order chi connectivity index (χ1) is 9.65. The van der Waals surface area contributed by atoms with Crippen LogP contribution in [-0.2, 0) is 9.53 Å². The van der Waals surface area contributed by atoms with Crippen molar-refractivity contribution in [2.75, 3.05) is 27.4 Å². The van der Waals surface area contributed by atoms with Crippen LogP contribution in [0.2, 0.25) is 0 Å². The van der Waals surface area contributed by atoms with Crippen LogP contribution in [0.1, 0.15) is 24.4 Å². The molecule has 0 saturated carbocycles. The SMILES string of the molecule is COCCC(=O)N1C[C@H](O)C[C@H]1c1cccc(OC)c1. The minimum absolute atomic E-state index is 0.0104. The monoisotopic (exact) mass is 279 g/mol. The van der Waals surface area contributed by atoms with E-state index in [4.69, 9.17) is 9.47 Å². The molecular weight excluding hydrogens is 258 g/mol. The van der Waals surface area contributed by atoms with Crippen molar-refractivity contribution in [1.29, 1.82) is 0 Å². The molecular formula is C15H21NO4. The zero-order valence-corrected chi connectivity index (χ0v) is 11.9. The third-order valence-electron chi connectivity index (χ3n) is 3.60. The van der Waals surface area contributed by atoms with E-state index < -0.39 is 6.10 Å². The Labute approximate surface area is 119 Å². The van der Waals surface area contributed by atoms with Crippen LogP contribution >= 0.6 is 0 Å². The van der Waals surface area contributed by atoms with Crippen LogP contribution in [0, 0.1) is 0 Å². The van der Waals surface area contributed by atoms with Crippen LogP contribution in [-0.4, -0.2) is 49.4 Å². The molecule has 110 valence electrons. The molecule has 5 heteroatoms. The van der Waals surface area contributed by atoms with Gasteiger partial charge in [-0.25, -0.2) is 0 Å². The smallest absolute Gasteiger partial charge is 0.225 e. The second kappa shape index (κ2) is 6.72. The average molecular weight is 279 g/mol. The standard InChI is InChI=1S/C15H21NO4/c1-19-7-6-15(18)16-10-12(17)9-14(16)11-4-3-5-13(8-11)20-2/h3-5,8,12,14,17H,6-7,9-10H2,1-2H3/t12-,14+/m1/s1. The molecule has 0 radical (unpaired) electrons. The van der Waals surface area contributed by atoms with Gasteiger partial charge >= 0.3 is 0 Å². The molecule has 1 aromatic carbocycles. The first-order valence-corrected chi connectivity index (χ1v) is 6.76. The highest BCUT2D eigenvalue weighted by atomic mass is 16.5. The van der Waals surface area contributed by atoms with Crippen molar-refractivity contribution in [2.45, 2.75) is 25.0 Å². The second-order valence-electron chi connectivity index (χ2n) is 4.97. The van der Waals surface area contributed by atoms with Gasteiger partial charge in [0, 0.05) is 13.7 Å². The summed E-state index contributed by atoms with van der Waals surface area (Å²) in [4.78, 5) is 13.9. The van der Waals surface area contributed by atoms with Gasteiger partial charge in [0.15, 0.2) is 0 Å². The molecule has 0 aliphatic carbocycles. The molecule has 0 bridgehead atoms. The molecule has 0 unspecified atom stereocenters. The van der Waals surface area contributed by atoms with Crippen molar-refractivity contribution in [3.8, 4) is 5.75 Å². The summed E-state index contributed by atoms with van der Waals surface area (Å²) < 4.78 is 10.2. The van der Waals surface area contributed by atoms with E-state index in [0.29, 0.717) is 26.0 Å². The summed E-state index contributed by atoms with van der Waals surface area (Å²) in [6.07, 6.45) is 0.424. The van der Waals surface area contributed by atoms with E-state index in [0.717, 1.165) is 11.3 Å². The van der Waals surface area contributed by atoms with Gasteiger partial charge < -0.3 is 19.5 Å². The fourth-order valence-corrected chi connectivity index (χ4v) is 2.59. The van der Waals surface area contributed by atoms with Crippen molar-refractivity contribution in [1.82, 2.24) is 4.90 Å². The first-order valence-electron chi connectivity index (χ1n) is 6.76. The second-order valence-corrected chi connectivity index (χ2v) is 4.97. The molecule has 1 saturated heterocycles. The van der Waals surface area contributed by atoms with Gasteiger partial charge in [-0.05, 0) is 24.1 Å². The molecule has 2 atom stereocenters. The zero-order chi connectivity index (χ0) is 14.5. The maximum Gasteiger partial charge on any atom is 0.225 e. The van der Waals surface area contributed by atoms with E-state index in [1.165, 1.54) is 0 Å². The Bertz CT molecular complexity index is 463. The normalized spacial score (nSPS) is 22.1. The Morgan fingerprint density at radius 3 is 2.95 bits per heavy atom. The molecule has 0 spiro atoms. The number of nitrogens with zero attached hydrogens (tertiary/aromatic N) is 1. The molecule has 1 aliphatic rings. The Kier molecular flexibility index (Phi) is 4.98. The van der Waals surface area contributed by atoms with Crippen molar-refractivity contribution < 1.29 is 19.4 Å². The van der Waals surface area contributed by atoms with Gasteiger partial charge in [0.1, 0.15) is 5.75 Å². The third-order valence-corrected chi connectivity index (χ3v) is 3.60. The largest absolute Gasteiger partial charge is 0.497 e. The minimum Gasteiger partial charge on any atom is -0.497 e. The Hall–Kier alpha value is -1.59. The van der Waals surface area contributed by atoms with Crippen LogP contribution < -0.4 is 4.74 Å². The Morgan fingerprint density at radius 2 is 2.25 bits per heavy atom. The summed E-state index contributed by atoms with van der Waals surface area (Å²) >= 11 is 0. The number of methoxy groups -OCH3 is 2. The molecule has 1 aliphatic heterocycles. The molecule has 1 amide bonds. The molecule has 1 heterocycles. The number of carbonyl (C=O) groups excluding carboxylic acids is 1. The lowest BCUT2D eigenvalue weighted by Gasteiger charge is -2.25. The van der Waals surface area contributed by atoms with Gasteiger partial charge in [0.2, 0.25) is 5.91 Å². The summed E-state index contributed by atoms with van der Waals surface area (Å²) in [6.45, 7) is 0.778. The highest BCUT2D eigenvalue weighted by Crippen LogP contribution is 2.34. The molecule has 1 N–H and O–H groups in total. The number of carbonyl (C=O) groups is 1. The van der Waals surface area contributed by atoms with Gasteiger partial charge in [-0.2, -0.15) is 0 Å². The van der Waals surface area contributed by atoms with Crippen LogP contribution in [0.15, 0.2) is 24.3 Å². The Balaban J connectivity index is 2.16. The maximum atomic E-state index is 12.2. The van der Waals surface area contributed by atoms with Gasteiger partial charge in [-0.15, -0.1) is 0 Å². The average Bonchev–Trinajstić information content (AvgIpc) is 2.87. The molecule has 5 nitrogen and oxygen atoms in total. The summed E-state index contributed by atoms with van der Waals surface area (Å²) in [5.41, 5.74) is 0.992. The number of β-amino-alcohol motifs (C(OH)–C–C–N with tert-alkyl or cyclic N) is 1. The van der Waals surface area contributed by atoms with E-state index >= 15 is 0 Å². The summed E-state index contributed by atoms with van der Waals surface area (Å²) in [5, 5.41) is 9.88. The number of hydrogen-bond donors (Lipinski definition) is 1. The predicted molar refractivity (Wildman–Crippen MR) is 74.6 cm³/mol. The third kappa shape index (κ3) is 3.29. The Morgan fingerprint density at radius 1 is 1.45 bits per heavy atom. The summed E-state index contributed by atoms with van der Waals surface area (Å²) in [5.74, 6) is 0.768. The fourth-order valence-electron chi connectivity index (χ4n) is 2.59. The van der Waals surface area contributed by atoms with E-state index in [1.807, 2.05) is 24.3 Å². The molecule has 20 heavy (non-hydrogen) atoms. The van der Waals surface area contributed by atoms with Crippen LogP contribution in [0.3, 0.4) is 0 Å². The van der Waals surface area contributed by atoms with Gasteiger partial charge in [-0.1, -0.05) is 12.1 Å². The highest BCUT2D eigenvalue weighted by Gasteiger charge is 2.34. The lowest BCUT2D eigenvalue weighted by Crippen LogP contribution is -2.32. The topological polar surface area (TPSA) is 59.0 Å². The van der Waals surface area contributed by atoms with Crippen molar-refractivity contribution in [3.63, 3.8) is 0 Å². The van der Waals surface area contributed by atoms with Crippen LogP contribution in [0.4, 0.5) is 0 Å². The van der Waals surface area contributed by atoms with Crippen molar-refractivity contribution in [2.24, 2.45) is 0 Å². The lowest BCUT2D eigenvalue weighted by molar-refractivity contribution is -0.133. The van der Waals surface area contributed by atoms with Crippen LogP contribution in [0.25, 0.3) is 0 Å². The highest BCUT2D eigenvalue weighted by molar-refractivity contribution is 5.77. The minimum atomic E-state index is -0.474. The number of likely N-dealkylation sites (tertiary alicyclic amines) is 1. The van der Waals surface area contributed by atoms with Crippen molar-refractivity contribution in [3.05, 3.63) is 29.8 Å². The quantitative estimate of drug-likeness (QED) is 0.884.